The van der Waals surface area contributed by atoms with Gasteiger partial charge in [0.05, 0.1) is 12.1 Å². The minimum atomic E-state index is -0.833. The van der Waals surface area contributed by atoms with Crippen LogP contribution in [-0.4, -0.2) is 16.1 Å². The van der Waals surface area contributed by atoms with Gasteiger partial charge in [-0.25, -0.2) is 4.98 Å². The second-order valence-corrected chi connectivity index (χ2v) is 5.73. The molecule has 1 aromatic carbocycles. The summed E-state index contributed by atoms with van der Waals surface area (Å²) in [5.74, 6) is -0.833. The summed E-state index contributed by atoms with van der Waals surface area (Å²) >= 11 is 1.57. The minimum Gasteiger partial charge on any atom is -0.481 e. The normalized spacial score (nSPS) is 11.5. The summed E-state index contributed by atoms with van der Waals surface area (Å²) in [7, 11) is 0. The number of hydrogen-bond acceptors (Lipinski definition) is 3. The summed E-state index contributed by atoms with van der Waals surface area (Å²) in [5.41, 5.74) is 1.80. The highest BCUT2D eigenvalue weighted by atomic mass is 32.1. The third-order valence-corrected chi connectivity index (χ3v) is 4.92. The molecule has 0 bridgehead atoms. The zero-order chi connectivity index (χ0) is 14.6. The van der Waals surface area contributed by atoms with E-state index in [0.717, 1.165) is 17.8 Å². The van der Waals surface area contributed by atoms with Crippen molar-refractivity contribution in [3.63, 3.8) is 0 Å². The maximum absolute atomic E-state index is 10.8. The minimum absolute atomic E-state index is 0.00516. The Labute approximate surface area is 123 Å². The summed E-state index contributed by atoms with van der Waals surface area (Å²) in [5, 5.41) is 11.8. The SMILES string of the molecule is CCC(CC)(c1ccccc1)c1nc(CC(=O)O)cs1. The molecule has 0 spiro atoms. The third kappa shape index (κ3) is 2.75. The number of carboxylic acids is 1. The van der Waals surface area contributed by atoms with E-state index < -0.39 is 5.97 Å². The second kappa shape index (κ2) is 6.18. The van der Waals surface area contributed by atoms with Gasteiger partial charge >= 0.3 is 5.97 Å². The molecule has 20 heavy (non-hydrogen) atoms. The number of thiazole rings is 1. The molecule has 1 N–H and O–H groups in total. The van der Waals surface area contributed by atoms with E-state index in [-0.39, 0.29) is 11.8 Å². The molecule has 0 fully saturated rings. The Kier molecular flexibility index (Phi) is 4.55. The number of aliphatic carboxylic acids is 1. The molecule has 2 rings (SSSR count). The average molecular weight is 289 g/mol. The van der Waals surface area contributed by atoms with Crippen molar-refractivity contribution >= 4 is 17.3 Å². The third-order valence-electron chi connectivity index (χ3n) is 3.83. The Balaban J connectivity index is 2.43. The lowest BCUT2D eigenvalue weighted by Gasteiger charge is -2.30. The highest BCUT2D eigenvalue weighted by molar-refractivity contribution is 7.09. The van der Waals surface area contributed by atoms with Crippen LogP contribution in [0.1, 0.15) is 43.0 Å². The fourth-order valence-corrected chi connectivity index (χ4v) is 3.79. The molecular formula is C16H19NO2S. The molecule has 3 nitrogen and oxygen atoms in total. The molecule has 1 heterocycles. The van der Waals surface area contributed by atoms with Crippen LogP contribution in [0.4, 0.5) is 0 Å². The molecule has 0 aliphatic heterocycles. The van der Waals surface area contributed by atoms with Crippen LogP contribution in [0, 0.1) is 0 Å². The van der Waals surface area contributed by atoms with Crippen LogP contribution in [0.3, 0.4) is 0 Å². The van der Waals surface area contributed by atoms with Crippen LogP contribution in [0.5, 0.6) is 0 Å². The summed E-state index contributed by atoms with van der Waals surface area (Å²) in [6, 6.07) is 10.4. The Morgan fingerprint density at radius 3 is 2.45 bits per heavy atom. The maximum atomic E-state index is 10.8. The lowest BCUT2D eigenvalue weighted by molar-refractivity contribution is -0.136. The standard InChI is InChI=1S/C16H19NO2S/c1-3-16(4-2,12-8-6-5-7-9-12)15-17-13(11-20-15)10-14(18)19/h5-9,11H,3-4,10H2,1-2H3,(H,18,19). The van der Waals surface area contributed by atoms with Gasteiger partial charge < -0.3 is 5.11 Å². The molecule has 4 heteroatoms. The topological polar surface area (TPSA) is 50.2 Å². The molecule has 0 saturated heterocycles. The molecule has 1 aromatic heterocycles. The number of aromatic nitrogens is 1. The molecule has 0 aliphatic carbocycles. The van der Waals surface area contributed by atoms with Crippen LogP contribution < -0.4 is 0 Å². The van der Waals surface area contributed by atoms with Crippen LogP contribution in [0.2, 0.25) is 0 Å². The first-order valence-electron chi connectivity index (χ1n) is 6.84. The van der Waals surface area contributed by atoms with Gasteiger partial charge in [0.2, 0.25) is 0 Å². The molecule has 0 atom stereocenters. The molecule has 0 unspecified atom stereocenters. The van der Waals surface area contributed by atoms with E-state index in [2.05, 4.69) is 31.0 Å². The fourth-order valence-electron chi connectivity index (χ4n) is 2.60. The van der Waals surface area contributed by atoms with Crippen molar-refractivity contribution in [1.29, 1.82) is 0 Å². The maximum Gasteiger partial charge on any atom is 0.309 e. The smallest absolute Gasteiger partial charge is 0.309 e. The average Bonchev–Trinajstić information content (AvgIpc) is 2.90. The van der Waals surface area contributed by atoms with Crippen LogP contribution >= 0.6 is 11.3 Å². The van der Waals surface area contributed by atoms with Crippen molar-refractivity contribution in [3.05, 3.63) is 52.0 Å². The van der Waals surface area contributed by atoms with E-state index in [1.807, 2.05) is 23.6 Å². The predicted octanol–water partition coefficient (Wildman–Crippen LogP) is 3.88. The van der Waals surface area contributed by atoms with Crippen molar-refractivity contribution in [2.24, 2.45) is 0 Å². The lowest BCUT2D eigenvalue weighted by atomic mass is 9.76. The highest BCUT2D eigenvalue weighted by Gasteiger charge is 2.33. The van der Waals surface area contributed by atoms with Crippen LogP contribution in [0.15, 0.2) is 35.7 Å². The van der Waals surface area contributed by atoms with E-state index in [0.29, 0.717) is 5.69 Å². The largest absolute Gasteiger partial charge is 0.481 e. The molecule has 2 aromatic rings. The second-order valence-electron chi connectivity index (χ2n) is 4.87. The zero-order valence-electron chi connectivity index (χ0n) is 11.8. The van der Waals surface area contributed by atoms with Gasteiger partial charge in [0.25, 0.3) is 0 Å². The molecular weight excluding hydrogens is 270 g/mol. The summed E-state index contributed by atoms with van der Waals surface area (Å²) in [6.07, 6.45) is 1.90. The molecule has 0 saturated carbocycles. The van der Waals surface area contributed by atoms with Gasteiger partial charge in [0.1, 0.15) is 5.01 Å². The summed E-state index contributed by atoms with van der Waals surface area (Å²) in [6.45, 7) is 4.32. The van der Waals surface area contributed by atoms with E-state index in [4.69, 9.17) is 5.11 Å². The highest BCUT2D eigenvalue weighted by Crippen LogP contribution is 2.40. The van der Waals surface area contributed by atoms with Crippen molar-refractivity contribution in [3.8, 4) is 0 Å². The number of rotatable bonds is 6. The van der Waals surface area contributed by atoms with Gasteiger partial charge in [-0.15, -0.1) is 11.3 Å². The van der Waals surface area contributed by atoms with Crippen molar-refractivity contribution in [2.45, 2.75) is 38.5 Å². The summed E-state index contributed by atoms with van der Waals surface area (Å²) < 4.78 is 0. The van der Waals surface area contributed by atoms with Crippen LogP contribution in [0.25, 0.3) is 0 Å². The first kappa shape index (κ1) is 14.7. The number of carboxylic acid groups (broad SMARTS) is 1. The van der Waals surface area contributed by atoms with Crippen molar-refractivity contribution in [1.82, 2.24) is 4.98 Å². The van der Waals surface area contributed by atoms with E-state index in [1.165, 1.54) is 5.56 Å². The Hall–Kier alpha value is -1.68. The van der Waals surface area contributed by atoms with Gasteiger partial charge in [-0.05, 0) is 18.4 Å². The zero-order valence-corrected chi connectivity index (χ0v) is 12.6. The first-order valence-corrected chi connectivity index (χ1v) is 7.72. The van der Waals surface area contributed by atoms with E-state index >= 15 is 0 Å². The number of nitrogens with zero attached hydrogens (tertiary/aromatic N) is 1. The number of benzene rings is 1. The van der Waals surface area contributed by atoms with Crippen LogP contribution in [-0.2, 0) is 16.6 Å². The van der Waals surface area contributed by atoms with Gasteiger partial charge in [0, 0.05) is 10.8 Å². The quantitative estimate of drug-likeness (QED) is 0.878. The predicted molar refractivity (Wildman–Crippen MR) is 81.3 cm³/mol. The van der Waals surface area contributed by atoms with Gasteiger partial charge in [-0.2, -0.15) is 0 Å². The van der Waals surface area contributed by atoms with Gasteiger partial charge in [-0.1, -0.05) is 44.2 Å². The molecule has 106 valence electrons. The number of carbonyl (C=O) groups is 1. The van der Waals surface area contributed by atoms with Gasteiger partial charge in [-0.3, -0.25) is 4.79 Å². The van der Waals surface area contributed by atoms with E-state index in [9.17, 15) is 4.79 Å². The molecule has 0 radical (unpaired) electrons. The van der Waals surface area contributed by atoms with Gasteiger partial charge in [0.15, 0.2) is 0 Å². The fraction of sp³-hybridized carbons (Fsp3) is 0.375. The summed E-state index contributed by atoms with van der Waals surface area (Å²) in [4.78, 5) is 15.4. The Bertz CT molecular complexity index is 573. The number of hydrogen-bond donors (Lipinski definition) is 1. The van der Waals surface area contributed by atoms with E-state index in [1.54, 1.807) is 11.3 Å². The van der Waals surface area contributed by atoms with Crippen molar-refractivity contribution < 1.29 is 9.90 Å². The Morgan fingerprint density at radius 2 is 1.90 bits per heavy atom. The molecule has 0 amide bonds. The molecule has 0 aliphatic rings. The lowest BCUT2D eigenvalue weighted by Crippen LogP contribution is -2.26. The van der Waals surface area contributed by atoms with Crippen molar-refractivity contribution in [2.75, 3.05) is 0 Å². The Morgan fingerprint density at radius 1 is 1.25 bits per heavy atom. The first-order chi connectivity index (χ1) is 9.62. The monoisotopic (exact) mass is 289 g/mol.